The first-order valence-corrected chi connectivity index (χ1v) is 7.95. The summed E-state index contributed by atoms with van der Waals surface area (Å²) in [6.07, 6.45) is 5.69. The first-order chi connectivity index (χ1) is 9.74. The van der Waals surface area contributed by atoms with Gasteiger partial charge in [0.25, 0.3) is 0 Å². The van der Waals surface area contributed by atoms with Gasteiger partial charge in [-0.2, -0.15) is 0 Å². The minimum Gasteiger partial charge on any atom is -0.377 e. The molecule has 2 aliphatic carbocycles. The third-order valence-corrected chi connectivity index (χ3v) is 4.84. The van der Waals surface area contributed by atoms with Crippen LogP contribution < -0.4 is 5.32 Å². The molecule has 0 bridgehead atoms. The largest absolute Gasteiger partial charge is 0.377 e. The smallest absolute Gasteiger partial charge is 0.237 e. The predicted molar refractivity (Wildman–Crippen MR) is 75.5 cm³/mol. The van der Waals surface area contributed by atoms with Gasteiger partial charge in [-0.3, -0.25) is 9.69 Å². The normalized spacial score (nSPS) is 37.7. The van der Waals surface area contributed by atoms with E-state index in [0.717, 1.165) is 25.8 Å². The van der Waals surface area contributed by atoms with Gasteiger partial charge in [0.2, 0.25) is 5.91 Å². The number of amides is 1. The van der Waals surface area contributed by atoms with Crippen LogP contribution in [-0.4, -0.2) is 61.4 Å². The second-order valence-electron chi connectivity index (χ2n) is 6.17. The minimum absolute atomic E-state index is 0.00896. The van der Waals surface area contributed by atoms with Crippen LogP contribution in [0, 0.1) is 0 Å². The molecule has 1 amide bonds. The van der Waals surface area contributed by atoms with E-state index < -0.39 is 0 Å². The van der Waals surface area contributed by atoms with Gasteiger partial charge in [-0.15, -0.1) is 0 Å². The maximum absolute atomic E-state index is 12.5. The maximum Gasteiger partial charge on any atom is 0.237 e. The number of methoxy groups -OCH3 is 1. The quantitative estimate of drug-likeness (QED) is 0.787. The zero-order valence-electron chi connectivity index (χ0n) is 12.5. The number of likely N-dealkylation sites (tertiary alicyclic amines) is 1. The van der Waals surface area contributed by atoms with Crippen LogP contribution in [0.3, 0.4) is 0 Å². The third-order valence-electron chi connectivity index (χ3n) is 4.84. The summed E-state index contributed by atoms with van der Waals surface area (Å²) in [6.45, 7) is 3.77. The van der Waals surface area contributed by atoms with Gasteiger partial charge in [0, 0.05) is 19.8 Å². The zero-order valence-corrected chi connectivity index (χ0v) is 12.5. The zero-order chi connectivity index (χ0) is 14.1. The number of hydrogen-bond donors (Lipinski definition) is 1. The highest BCUT2D eigenvalue weighted by Crippen LogP contribution is 2.34. The molecule has 3 rings (SSSR count). The molecule has 0 aromatic carbocycles. The van der Waals surface area contributed by atoms with Crippen molar-refractivity contribution in [1.82, 2.24) is 10.2 Å². The van der Waals surface area contributed by atoms with Gasteiger partial charge >= 0.3 is 0 Å². The van der Waals surface area contributed by atoms with Crippen LogP contribution in [0.15, 0.2) is 0 Å². The van der Waals surface area contributed by atoms with Gasteiger partial charge in [-0.05, 0) is 45.6 Å². The van der Waals surface area contributed by atoms with Crippen LogP contribution in [0.4, 0.5) is 0 Å². The van der Waals surface area contributed by atoms with E-state index in [1.807, 2.05) is 6.92 Å². The van der Waals surface area contributed by atoms with Crippen LogP contribution in [0.5, 0.6) is 0 Å². The fraction of sp³-hybridized carbons (Fsp3) is 0.933. The lowest BCUT2D eigenvalue weighted by Crippen LogP contribution is -2.62. The number of nitrogens with one attached hydrogen (secondary N) is 1. The molecule has 0 aromatic rings. The summed E-state index contributed by atoms with van der Waals surface area (Å²) < 4.78 is 11.1. The second kappa shape index (κ2) is 6.00. The van der Waals surface area contributed by atoms with Crippen molar-refractivity contribution in [1.29, 1.82) is 0 Å². The van der Waals surface area contributed by atoms with Gasteiger partial charge in [-0.25, -0.2) is 0 Å². The molecule has 0 spiro atoms. The summed E-state index contributed by atoms with van der Waals surface area (Å²) in [5.41, 5.74) is 0. The molecule has 4 unspecified atom stereocenters. The van der Waals surface area contributed by atoms with Crippen molar-refractivity contribution < 1.29 is 14.3 Å². The summed E-state index contributed by atoms with van der Waals surface area (Å²) in [7, 11) is 1.70. The van der Waals surface area contributed by atoms with Crippen molar-refractivity contribution in [3.05, 3.63) is 0 Å². The Balaban J connectivity index is 1.51. The first-order valence-electron chi connectivity index (χ1n) is 7.95. The first kappa shape index (κ1) is 14.3. The molecule has 3 fully saturated rings. The lowest BCUT2D eigenvalue weighted by molar-refractivity contribution is -0.145. The van der Waals surface area contributed by atoms with Crippen molar-refractivity contribution in [2.45, 2.75) is 69.4 Å². The van der Waals surface area contributed by atoms with Crippen LogP contribution in [0.25, 0.3) is 0 Å². The molecule has 0 radical (unpaired) electrons. The van der Waals surface area contributed by atoms with Crippen LogP contribution >= 0.6 is 0 Å². The molecule has 5 nitrogen and oxygen atoms in total. The average Bonchev–Trinajstić information content (AvgIpc) is 3.15. The Morgan fingerprint density at radius 1 is 1.35 bits per heavy atom. The standard InChI is InChI=1S/C15H26N2O3/c1-3-20-13-9-11(14(13)19-2)16-15(18)12-5-4-8-17(12)10-6-7-10/h10-14H,3-9H2,1-2H3,(H,16,18). The number of rotatable bonds is 6. The number of carbonyl (C=O) groups excluding carboxylic acids is 1. The molecule has 0 aromatic heterocycles. The Morgan fingerprint density at radius 3 is 2.80 bits per heavy atom. The van der Waals surface area contributed by atoms with E-state index >= 15 is 0 Å². The fourth-order valence-electron chi connectivity index (χ4n) is 3.61. The molecule has 4 atom stereocenters. The number of nitrogens with zero attached hydrogens (tertiary/aromatic N) is 1. The highest BCUT2D eigenvalue weighted by Gasteiger charge is 2.45. The third kappa shape index (κ3) is 2.71. The monoisotopic (exact) mass is 282 g/mol. The predicted octanol–water partition coefficient (Wildman–Crippen LogP) is 0.922. The summed E-state index contributed by atoms with van der Waals surface area (Å²) in [4.78, 5) is 14.9. The number of hydrogen-bond acceptors (Lipinski definition) is 4. The molecular weight excluding hydrogens is 256 g/mol. The van der Waals surface area contributed by atoms with Gasteiger partial charge in [0.1, 0.15) is 6.10 Å². The van der Waals surface area contributed by atoms with E-state index in [1.165, 1.54) is 12.8 Å². The summed E-state index contributed by atoms with van der Waals surface area (Å²) in [6, 6.07) is 0.876. The van der Waals surface area contributed by atoms with E-state index in [9.17, 15) is 4.79 Å². The molecule has 3 aliphatic rings. The summed E-state index contributed by atoms with van der Waals surface area (Å²) >= 11 is 0. The van der Waals surface area contributed by atoms with Crippen molar-refractivity contribution in [2.24, 2.45) is 0 Å². The van der Waals surface area contributed by atoms with E-state index in [-0.39, 0.29) is 30.2 Å². The molecule has 1 aliphatic heterocycles. The molecule has 5 heteroatoms. The Morgan fingerprint density at radius 2 is 2.15 bits per heavy atom. The van der Waals surface area contributed by atoms with Crippen molar-refractivity contribution in [3.8, 4) is 0 Å². The highest BCUT2D eigenvalue weighted by atomic mass is 16.5. The molecular formula is C15H26N2O3. The second-order valence-corrected chi connectivity index (χ2v) is 6.17. The Hall–Kier alpha value is -0.650. The number of ether oxygens (including phenoxy) is 2. The van der Waals surface area contributed by atoms with E-state index in [2.05, 4.69) is 10.2 Å². The van der Waals surface area contributed by atoms with E-state index in [4.69, 9.17) is 9.47 Å². The molecule has 20 heavy (non-hydrogen) atoms. The van der Waals surface area contributed by atoms with Gasteiger partial charge in [0.15, 0.2) is 0 Å². The minimum atomic E-state index is 0.00896. The van der Waals surface area contributed by atoms with Crippen molar-refractivity contribution in [2.75, 3.05) is 20.3 Å². The molecule has 114 valence electrons. The van der Waals surface area contributed by atoms with Gasteiger partial charge in [0.05, 0.1) is 18.2 Å². The highest BCUT2D eigenvalue weighted by molar-refractivity contribution is 5.82. The molecule has 2 saturated carbocycles. The van der Waals surface area contributed by atoms with Crippen LogP contribution in [0.1, 0.15) is 39.0 Å². The van der Waals surface area contributed by atoms with Crippen LogP contribution in [0.2, 0.25) is 0 Å². The Kier molecular flexibility index (Phi) is 4.29. The van der Waals surface area contributed by atoms with Crippen molar-refractivity contribution in [3.63, 3.8) is 0 Å². The van der Waals surface area contributed by atoms with E-state index in [0.29, 0.717) is 12.6 Å². The fourth-order valence-corrected chi connectivity index (χ4v) is 3.61. The van der Waals surface area contributed by atoms with Gasteiger partial charge in [-0.1, -0.05) is 0 Å². The topological polar surface area (TPSA) is 50.8 Å². The SMILES string of the molecule is CCOC1CC(NC(=O)C2CCCN2C2CC2)C1OC. The summed E-state index contributed by atoms with van der Waals surface area (Å²) in [5, 5.41) is 3.17. The Bertz CT molecular complexity index is 359. The van der Waals surface area contributed by atoms with E-state index in [1.54, 1.807) is 7.11 Å². The van der Waals surface area contributed by atoms with Crippen molar-refractivity contribution >= 4 is 5.91 Å². The average molecular weight is 282 g/mol. The maximum atomic E-state index is 12.5. The lowest BCUT2D eigenvalue weighted by Gasteiger charge is -2.43. The van der Waals surface area contributed by atoms with Gasteiger partial charge < -0.3 is 14.8 Å². The molecule has 1 saturated heterocycles. The lowest BCUT2D eigenvalue weighted by atomic mass is 9.85. The summed E-state index contributed by atoms with van der Waals surface area (Å²) in [5.74, 6) is 0.191. The molecule has 1 heterocycles. The number of carbonyl (C=O) groups is 1. The van der Waals surface area contributed by atoms with Crippen LogP contribution in [-0.2, 0) is 14.3 Å². The molecule has 1 N–H and O–H groups in total. The Labute approximate surface area is 121 Å².